The van der Waals surface area contributed by atoms with E-state index in [1.165, 1.54) is 30.2 Å². The summed E-state index contributed by atoms with van der Waals surface area (Å²) in [5.74, 6) is -1.04. The molecule has 0 spiro atoms. The number of aromatic nitrogens is 3. The predicted octanol–water partition coefficient (Wildman–Crippen LogP) is 5.04. The zero-order chi connectivity index (χ0) is 22.8. The monoisotopic (exact) mass is 471 g/mol. The molecule has 2 amide bonds. The third kappa shape index (κ3) is 4.28. The number of pyridine rings is 2. The van der Waals surface area contributed by atoms with Crippen LogP contribution in [-0.2, 0) is 16.0 Å². The van der Waals surface area contributed by atoms with Crippen molar-refractivity contribution >= 4 is 57.7 Å². The molecule has 3 aromatic heterocycles. The van der Waals surface area contributed by atoms with Crippen LogP contribution < -0.4 is 10.2 Å². The number of halogens is 3. The molecule has 10 heteroatoms. The normalized spacial score (nSPS) is 10.9. The summed E-state index contributed by atoms with van der Waals surface area (Å²) in [6, 6.07) is 10.8. The number of carbonyl (C=O) groups excluding carboxylic acids is 2. The minimum Gasteiger partial charge on any atom is -0.326 e. The van der Waals surface area contributed by atoms with Crippen molar-refractivity contribution in [2.24, 2.45) is 0 Å². The van der Waals surface area contributed by atoms with Crippen LogP contribution >= 0.6 is 23.2 Å². The van der Waals surface area contributed by atoms with Crippen molar-refractivity contribution in [1.82, 2.24) is 14.6 Å². The number of nitrogens with one attached hydrogen (secondary N) is 1. The highest BCUT2D eigenvalue weighted by Gasteiger charge is 2.21. The van der Waals surface area contributed by atoms with Gasteiger partial charge < -0.3 is 5.32 Å². The summed E-state index contributed by atoms with van der Waals surface area (Å²) < 4.78 is 15.2. The van der Waals surface area contributed by atoms with Crippen molar-refractivity contribution in [2.45, 2.75) is 13.3 Å². The molecule has 4 rings (SSSR count). The van der Waals surface area contributed by atoms with E-state index in [1.807, 2.05) is 0 Å². The average molecular weight is 472 g/mol. The smallest absolute Gasteiger partial charge is 0.229 e. The second-order valence-corrected chi connectivity index (χ2v) is 7.63. The molecular formula is C22H16Cl2FN5O2. The van der Waals surface area contributed by atoms with Crippen LogP contribution in [0.4, 0.5) is 21.6 Å². The average Bonchev–Trinajstić information content (AvgIpc) is 3.23. The number of hydrogen-bond donors (Lipinski definition) is 1. The number of nitrogens with zero attached hydrogens (tertiary/aromatic N) is 4. The standard InChI is InChI=1S/C22H16Cl2FN5O2/c1-13(31)30(18-7-10-29-17(22(18)24)6-9-27-29)19-12-15(5-8-26-19)28-20(32)11-14-3-2-4-16(25)21(14)23/h2-10,12H,11H2,1H3,(H,26,28,32). The lowest BCUT2D eigenvalue weighted by molar-refractivity contribution is -0.116. The van der Waals surface area contributed by atoms with Crippen LogP contribution in [0.15, 0.2) is 61.1 Å². The molecule has 0 aliphatic rings. The number of rotatable bonds is 5. The van der Waals surface area contributed by atoms with E-state index in [-0.39, 0.29) is 23.2 Å². The van der Waals surface area contributed by atoms with Crippen molar-refractivity contribution in [3.8, 4) is 0 Å². The number of hydrogen-bond acceptors (Lipinski definition) is 4. The Morgan fingerprint density at radius 3 is 2.72 bits per heavy atom. The Bertz CT molecular complexity index is 1340. The molecule has 0 bridgehead atoms. The van der Waals surface area contributed by atoms with Crippen LogP contribution in [0, 0.1) is 5.82 Å². The summed E-state index contributed by atoms with van der Waals surface area (Å²) in [5, 5.41) is 7.08. The van der Waals surface area contributed by atoms with Gasteiger partial charge in [0, 0.05) is 31.1 Å². The van der Waals surface area contributed by atoms with Gasteiger partial charge in [0.25, 0.3) is 0 Å². The van der Waals surface area contributed by atoms with Gasteiger partial charge in [-0.2, -0.15) is 5.10 Å². The van der Waals surface area contributed by atoms with E-state index in [4.69, 9.17) is 23.2 Å². The van der Waals surface area contributed by atoms with Gasteiger partial charge in [0.2, 0.25) is 11.8 Å². The maximum atomic E-state index is 13.6. The van der Waals surface area contributed by atoms with E-state index in [2.05, 4.69) is 15.4 Å². The van der Waals surface area contributed by atoms with E-state index in [0.717, 1.165) is 0 Å². The molecule has 7 nitrogen and oxygen atoms in total. The van der Waals surface area contributed by atoms with E-state index in [1.54, 1.807) is 47.2 Å². The first-order valence-electron chi connectivity index (χ1n) is 9.46. The molecule has 0 aliphatic carbocycles. The highest BCUT2D eigenvalue weighted by molar-refractivity contribution is 6.37. The summed E-state index contributed by atoms with van der Waals surface area (Å²) in [6.07, 6.45) is 4.62. The van der Waals surface area contributed by atoms with Crippen molar-refractivity contribution < 1.29 is 14.0 Å². The molecule has 4 aromatic rings. The SMILES string of the molecule is CC(=O)N(c1cc(NC(=O)Cc2cccc(F)c2Cl)ccn1)c1ccn2nccc2c1Cl. The molecular weight excluding hydrogens is 456 g/mol. The second kappa shape index (κ2) is 8.94. The summed E-state index contributed by atoms with van der Waals surface area (Å²) in [7, 11) is 0. The van der Waals surface area contributed by atoms with Crippen LogP contribution in [-0.4, -0.2) is 26.4 Å². The fourth-order valence-corrected chi connectivity index (χ4v) is 3.75. The second-order valence-electron chi connectivity index (χ2n) is 6.87. The summed E-state index contributed by atoms with van der Waals surface area (Å²) in [5.41, 5.74) is 1.83. The molecule has 162 valence electrons. The lowest BCUT2D eigenvalue weighted by Gasteiger charge is -2.22. The molecule has 1 N–H and O–H groups in total. The highest BCUT2D eigenvalue weighted by Crippen LogP contribution is 2.34. The number of anilines is 3. The quantitative estimate of drug-likeness (QED) is 0.442. The molecule has 3 heterocycles. The molecule has 1 aromatic carbocycles. The van der Waals surface area contributed by atoms with E-state index >= 15 is 0 Å². The Kier molecular flexibility index (Phi) is 6.07. The molecule has 0 saturated carbocycles. The summed E-state index contributed by atoms with van der Waals surface area (Å²) in [4.78, 5) is 30.6. The van der Waals surface area contributed by atoms with E-state index < -0.39 is 11.7 Å². The van der Waals surface area contributed by atoms with Gasteiger partial charge in [-0.25, -0.2) is 13.9 Å². The van der Waals surface area contributed by atoms with E-state index in [0.29, 0.717) is 27.5 Å². The maximum absolute atomic E-state index is 13.6. The van der Waals surface area contributed by atoms with Gasteiger partial charge in [-0.3, -0.25) is 14.5 Å². The van der Waals surface area contributed by atoms with Crippen LogP contribution in [0.25, 0.3) is 5.52 Å². The Morgan fingerprint density at radius 2 is 1.94 bits per heavy atom. The van der Waals surface area contributed by atoms with Crippen LogP contribution in [0.1, 0.15) is 12.5 Å². The van der Waals surface area contributed by atoms with Gasteiger partial charge in [-0.05, 0) is 29.8 Å². The molecule has 0 aliphatic heterocycles. The number of amides is 2. The summed E-state index contributed by atoms with van der Waals surface area (Å²) >= 11 is 12.4. The van der Waals surface area contributed by atoms with Gasteiger partial charge in [0.05, 0.1) is 33.9 Å². The molecule has 0 radical (unpaired) electrons. The van der Waals surface area contributed by atoms with Crippen molar-refractivity contribution in [3.63, 3.8) is 0 Å². The zero-order valence-corrected chi connectivity index (χ0v) is 18.2. The molecule has 0 atom stereocenters. The van der Waals surface area contributed by atoms with Gasteiger partial charge in [-0.15, -0.1) is 0 Å². The van der Waals surface area contributed by atoms with Crippen molar-refractivity contribution in [3.05, 3.63) is 82.5 Å². The first-order valence-corrected chi connectivity index (χ1v) is 10.2. The Labute approximate surface area is 192 Å². The number of carbonyl (C=O) groups is 2. The molecule has 0 saturated heterocycles. The fourth-order valence-electron chi connectivity index (χ4n) is 3.26. The van der Waals surface area contributed by atoms with Gasteiger partial charge >= 0.3 is 0 Å². The Morgan fingerprint density at radius 1 is 1.12 bits per heavy atom. The van der Waals surface area contributed by atoms with Crippen LogP contribution in [0.3, 0.4) is 0 Å². The Balaban J connectivity index is 1.61. The van der Waals surface area contributed by atoms with E-state index in [9.17, 15) is 14.0 Å². The highest BCUT2D eigenvalue weighted by atomic mass is 35.5. The first kappa shape index (κ1) is 21.7. The van der Waals surface area contributed by atoms with Crippen LogP contribution in [0.5, 0.6) is 0 Å². The molecule has 0 unspecified atom stereocenters. The lowest BCUT2D eigenvalue weighted by Crippen LogP contribution is -2.24. The van der Waals surface area contributed by atoms with Crippen molar-refractivity contribution in [2.75, 3.05) is 10.2 Å². The maximum Gasteiger partial charge on any atom is 0.229 e. The predicted molar refractivity (Wildman–Crippen MR) is 121 cm³/mol. The number of fused-ring (bicyclic) bond motifs is 1. The minimum atomic E-state index is -0.590. The van der Waals surface area contributed by atoms with Gasteiger partial charge in [-0.1, -0.05) is 35.3 Å². The van der Waals surface area contributed by atoms with Crippen molar-refractivity contribution in [1.29, 1.82) is 0 Å². The lowest BCUT2D eigenvalue weighted by atomic mass is 10.1. The summed E-state index contributed by atoms with van der Waals surface area (Å²) in [6.45, 7) is 1.38. The third-order valence-electron chi connectivity index (χ3n) is 4.69. The molecule has 0 fully saturated rings. The largest absolute Gasteiger partial charge is 0.326 e. The van der Waals surface area contributed by atoms with Gasteiger partial charge in [0.15, 0.2) is 0 Å². The zero-order valence-electron chi connectivity index (χ0n) is 16.7. The minimum absolute atomic E-state index is 0.0919. The fraction of sp³-hybridized carbons (Fsp3) is 0.0909. The third-order valence-corrected chi connectivity index (χ3v) is 5.50. The molecule has 32 heavy (non-hydrogen) atoms. The van der Waals surface area contributed by atoms with Crippen LogP contribution in [0.2, 0.25) is 10.0 Å². The number of benzene rings is 1. The first-order chi connectivity index (χ1) is 15.3. The van der Waals surface area contributed by atoms with Gasteiger partial charge in [0.1, 0.15) is 11.6 Å². The Hall–Kier alpha value is -3.49. The topological polar surface area (TPSA) is 79.6 Å².